The molecule has 1 aromatic heterocycles. The number of rotatable bonds is 3. The molecule has 0 amide bonds. The second-order valence-corrected chi connectivity index (χ2v) is 4.99. The minimum Gasteiger partial charge on any atom is -0.366 e. The molecule has 0 aliphatic heterocycles. The van der Waals surface area contributed by atoms with Gasteiger partial charge in [0, 0.05) is 24.7 Å². The lowest BCUT2D eigenvalue weighted by molar-refractivity contribution is 0.628. The zero-order valence-corrected chi connectivity index (χ0v) is 10.7. The van der Waals surface area contributed by atoms with Gasteiger partial charge in [-0.1, -0.05) is 11.6 Å². The molecule has 3 rings (SSSR count). The fraction of sp³-hybridized carbons (Fsp3) is 0.308. The normalized spacial score (nSPS) is 14.8. The third-order valence-corrected chi connectivity index (χ3v) is 3.31. The number of aryl methyl sites for hydroxylation is 1. The summed E-state index contributed by atoms with van der Waals surface area (Å²) in [5.74, 6) is 0.453. The van der Waals surface area contributed by atoms with E-state index in [9.17, 15) is 4.39 Å². The van der Waals surface area contributed by atoms with Gasteiger partial charge in [0.1, 0.15) is 11.6 Å². The van der Waals surface area contributed by atoms with E-state index in [0.29, 0.717) is 6.04 Å². The largest absolute Gasteiger partial charge is 0.366 e. The maximum atomic E-state index is 13.1. The first-order valence-electron chi connectivity index (χ1n) is 5.89. The van der Waals surface area contributed by atoms with Crippen LogP contribution in [0.4, 0.5) is 10.2 Å². The van der Waals surface area contributed by atoms with Crippen molar-refractivity contribution in [2.45, 2.75) is 18.9 Å². The lowest BCUT2D eigenvalue weighted by Gasteiger charge is -2.02. The summed E-state index contributed by atoms with van der Waals surface area (Å²) in [6.07, 6.45) is 2.41. The topological polar surface area (TPSA) is 29.9 Å². The van der Waals surface area contributed by atoms with E-state index in [4.69, 9.17) is 11.6 Å². The molecule has 1 fully saturated rings. The summed E-state index contributed by atoms with van der Waals surface area (Å²) in [6.45, 7) is 0. The minimum absolute atomic E-state index is 0.130. The highest BCUT2D eigenvalue weighted by atomic mass is 35.5. The zero-order valence-electron chi connectivity index (χ0n) is 9.95. The average Bonchev–Trinajstić information content (AvgIpc) is 3.06. The molecule has 5 heteroatoms. The summed E-state index contributed by atoms with van der Waals surface area (Å²) in [7, 11) is 1.87. The van der Waals surface area contributed by atoms with Gasteiger partial charge in [0.05, 0.1) is 10.7 Å². The van der Waals surface area contributed by atoms with Crippen LogP contribution in [0.5, 0.6) is 0 Å². The quantitative estimate of drug-likeness (QED) is 0.921. The second kappa shape index (κ2) is 4.28. The number of anilines is 1. The highest BCUT2D eigenvalue weighted by molar-refractivity contribution is 6.31. The van der Waals surface area contributed by atoms with E-state index in [-0.39, 0.29) is 5.02 Å². The molecule has 3 nitrogen and oxygen atoms in total. The first-order chi connectivity index (χ1) is 8.63. The molecule has 1 aromatic carbocycles. The number of nitrogens with zero attached hydrogens (tertiary/aromatic N) is 2. The van der Waals surface area contributed by atoms with Crippen molar-refractivity contribution in [3.63, 3.8) is 0 Å². The van der Waals surface area contributed by atoms with Crippen LogP contribution in [-0.2, 0) is 7.05 Å². The molecular weight excluding hydrogens is 253 g/mol. The Morgan fingerprint density at radius 1 is 1.39 bits per heavy atom. The molecule has 2 aromatic rings. The van der Waals surface area contributed by atoms with Crippen molar-refractivity contribution in [3.8, 4) is 11.3 Å². The van der Waals surface area contributed by atoms with Crippen molar-refractivity contribution in [3.05, 3.63) is 35.1 Å². The first-order valence-corrected chi connectivity index (χ1v) is 6.27. The Hall–Kier alpha value is -1.55. The third kappa shape index (κ3) is 2.20. The Labute approximate surface area is 110 Å². The molecule has 0 saturated heterocycles. The molecule has 0 radical (unpaired) electrons. The van der Waals surface area contributed by atoms with Gasteiger partial charge >= 0.3 is 0 Å². The van der Waals surface area contributed by atoms with E-state index >= 15 is 0 Å². The molecule has 0 spiro atoms. The van der Waals surface area contributed by atoms with Gasteiger partial charge in [-0.25, -0.2) is 4.39 Å². The number of benzene rings is 1. The predicted molar refractivity (Wildman–Crippen MR) is 70.3 cm³/mol. The van der Waals surface area contributed by atoms with Crippen LogP contribution in [0.25, 0.3) is 11.3 Å². The lowest BCUT2D eigenvalue weighted by atomic mass is 10.1. The highest BCUT2D eigenvalue weighted by Gasteiger charge is 2.22. The van der Waals surface area contributed by atoms with Crippen molar-refractivity contribution < 1.29 is 4.39 Å². The second-order valence-electron chi connectivity index (χ2n) is 4.59. The van der Waals surface area contributed by atoms with Gasteiger partial charge < -0.3 is 5.32 Å². The van der Waals surface area contributed by atoms with Crippen LogP contribution < -0.4 is 5.32 Å². The zero-order chi connectivity index (χ0) is 12.7. The maximum Gasteiger partial charge on any atom is 0.148 e. The fourth-order valence-corrected chi connectivity index (χ4v) is 2.08. The van der Waals surface area contributed by atoms with Crippen LogP contribution in [0.1, 0.15) is 12.8 Å². The molecular formula is C13H13ClFN3. The molecule has 1 aliphatic carbocycles. The molecule has 0 atom stereocenters. The number of hydrogen-bond donors (Lipinski definition) is 1. The number of hydrogen-bond acceptors (Lipinski definition) is 2. The van der Waals surface area contributed by atoms with Crippen LogP contribution >= 0.6 is 11.6 Å². The summed E-state index contributed by atoms with van der Waals surface area (Å²) in [5.41, 5.74) is 1.78. The summed E-state index contributed by atoms with van der Waals surface area (Å²) >= 11 is 5.80. The Morgan fingerprint density at radius 2 is 2.17 bits per heavy atom. The smallest absolute Gasteiger partial charge is 0.148 e. The SMILES string of the molecule is Cn1nc(NC2CC2)cc1-c1ccc(F)c(Cl)c1. The van der Waals surface area contributed by atoms with Gasteiger partial charge in [0.15, 0.2) is 0 Å². The monoisotopic (exact) mass is 265 g/mol. The van der Waals surface area contributed by atoms with Crippen LogP contribution in [0.2, 0.25) is 5.02 Å². The van der Waals surface area contributed by atoms with Crippen molar-refractivity contribution >= 4 is 17.4 Å². The molecule has 94 valence electrons. The molecule has 1 N–H and O–H groups in total. The molecule has 18 heavy (non-hydrogen) atoms. The average molecular weight is 266 g/mol. The van der Waals surface area contributed by atoms with Gasteiger partial charge in [-0.05, 0) is 31.0 Å². The molecule has 1 aliphatic rings. The van der Waals surface area contributed by atoms with Crippen molar-refractivity contribution in [2.24, 2.45) is 7.05 Å². The summed E-state index contributed by atoms with van der Waals surface area (Å²) in [6, 6.07) is 7.22. The van der Waals surface area contributed by atoms with Crippen LogP contribution in [0, 0.1) is 5.82 Å². The van der Waals surface area contributed by atoms with Crippen LogP contribution in [0.15, 0.2) is 24.3 Å². The summed E-state index contributed by atoms with van der Waals surface area (Å²) in [4.78, 5) is 0. The van der Waals surface area contributed by atoms with Crippen LogP contribution in [0.3, 0.4) is 0 Å². The molecule has 0 unspecified atom stereocenters. The van der Waals surface area contributed by atoms with E-state index in [2.05, 4.69) is 10.4 Å². The van der Waals surface area contributed by atoms with Gasteiger partial charge in [0.2, 0.25) is 0 Å². The Bertz CT molecular complexity index is 590. The van der Waals surface area contributed by atoms with Crippen molar-refractivity contribution in [2.75, 3.05) is 5.32 Å². The van der Waals surface area contributed by atoms with E-state index in [1.165, 1.54) is 18.9 Å². The van der Waals surface area contributed by atoms with E-state index in [1.54, 1.807) is 16.8 Å². The minimum atomic E-state index is -0.404. The Kier molecular flexibility index (Phi) is 2.74. The number of halogens is 2. The lowest BCUT2D eigenvalue weighted by Crippen LogP contribution is -2.01. The maximum absolute atomic E-state index is 13.1. The van der Waals surface area contributed by atoms with Crippen LogP contribution in [-0.4, -0.2) is 15.8 Å². The molecule has 1 heterocycles. The molecule has 1 saturated carbocycles. The van der Waals surface area contributed by atoms with E-state index in [0.717, 1.165) is 17.1 Å². The van der Waals surface area contributed by atoms with E-state index in [1.807, 2.05) is 13.1 Å². The molecule has 0 bridgehead atoms. The van der Waals surface area contributed by atoms with Crippen molar-refractivity contribution in [1.29, 1.82) is 0 Å². The Balaban J connectivity index is 1.94. The number of aromatic nitrogens is 2. The van der Waals surface area contributed by atoms with Gasteiger partial charge in [-0.15, -0.1) is 0 Å². The third-order valence-electron chi connectivity index (χ3n) is 3.02. The summed E-state index contributed by atoms with van der Waals surface area (Å²) < 4.78 is 14.9. The fourth-order valence-electron chi connectivity index (χ4n) is 1.90. The first kappa shape index (κ1) is 11.5. The highest BCUT2D eigenvalue weighted by Crippen LogP contribution is 2.29. The standard InChI is InChI=1S/C13H13ClFN3/c1-18-12(7-13(17-18)16-9-3-4-9)8-2-5-11(15)10(14)6-8/h2,5-7,9H,3-4H2,1H3,(H,16,17). The predicted octanol–water partition coefficient (Wildman–Crippen LogP) is 3.45. The van der Waals surface area contributed by atoms with Gasteiger partial charge in [-0.3, -0.25) is 4.68 Å². The van der Waals surface area contributed by atoms with Crippen molar-refractivity contribution in [1.82, 2.24) is 9.78 Å². The number of nitrogens with one attached hydrogen (secondary N) is 1. The van der Waals surface area contributed by atoms with E-state index < -0.39 is 5.82 Å². The Morgan fingerprint density at radius 3 is 2.83 bits per heavy atom. The summed E-state index contributed by atoms with van der Waals surface area (Å²) in [5, 5.41) is 7.85. The van der Waals surface area contributed by atoms with Gasteiger partial charge in [0.25, 0.3) is 0 Å². The van der Waals surface area contributed by atoms with Gasteiger partial charge in [-0.2, -0.15) is 5.10 Å².